The molecule has 90 valence electrons. The van der Waals surface area contributed by atoms with E-state index in [1.54, 1.807) is 0 Å². The molecule has 0 aliphatic heterocycles. The fourth-order valence-electron chi connectivity index (χ4n) is 1.83. The molecule has 16 heavy (non-hydrogen) atoms. The lowest BCUT2D eigenvalue weighted by Crippen LogP contribution is -1.96. The zero-order chi connectivity index (χ0) is 12.0. The fourth-order valence-corrected chi connectivity index (χ4v) is 2.61. The lowest BCUT2D eigenvalue weighted by molar-refractivity contribution is 0.757. The van der Waals surface area contributed by atoms with Crippen LogP contribution in [0.1, 0.15) is 50.7 Å². The molecule has 0 aromatic heterocycles. The second-order valence-electron chi connectivity index (χ2n) is 4.24. The monoisotopic (exact) mass is 346 g/mol. The van der Waals surface area contributed by atoms with Gasteiger partial charge in [-0.05, 0) is 80.8 Å². The second-order valence-corrected chi connectivity index (χ2v) is 5.95. The van der Waals surface area contributed by atoms with E-state index in [-0.39, 0.29) is 0 Å². The van der Waals surface area contributed by atoms with E-state index in [1.807, 2.05) is 0 Å². The van der Waals surface area contributed by atoms with Gasteiger partial charge < -0.3 is 0 Å². The molecule has 0 aliphatic carbocycles. The molecule has 0 nitrogen and oxygen atoms in total. The molecule has 0 spiro atoms. The summed E-state index contributed by atoms with van der Waals surface area (Å²) in [6.07, 6.45) is 7.52. The van der Waals surface area contributed by atoms with Gasteiger partial charge in [-0.25, -0.2) is 0 Å². The third kappa shape index (κ3) is 4.21. The highest BCUT2D eigenvalue weighted by atomic mass is 79.9. The summed E-state index contributed by atoms with van der Waals surface area (Å²) in [6.45, 7) is 4.50. The summed E-state index contributed by atoms with van der Waals surface area (Å²) >= 11 is 7.19. The summed E-state index contributed by atoms with van der Waals surface area (Å²) < 4.78 is 2.36. The van der Waals surface area contributed by atoms with E-state index in [0.717, 1.165) is 0 Å². The van der Waals surface area contributed by atoms with Crippen molar-refractivity contribution in [2.75, 3.05) is 0 Å². The van der Waals surface area contributed by atoms with Gasteiger partial charge in [-0.1, -0.05) is 26.7 Å². The van der Waals surface area contributed by atoms with E-state index in [4.69, 9.17) is 0 Å². The molecule has 2 heteroatoms. The van der Waals surface area contributed by atoms with E-state index < -0.39 is 0 Å². The SMILES string of the molecule is CCCCc1cc(Br)c(Br)cc1CCCC. The standard InChI is InChI=1S/C14H20Br2/c1-3-5-7-11-9-13(15)14(16)10-12(11)8-6-4-2/h9-10H,3-8H2,1-2H3. The van der Waals surface area contributed by atoms with Crippen LogP contribution in [-0.2, 0) is 12.8 Å². The zero-order valence-electron chi connectivity index (χ0n) is 10.2. The molecular weight excluding hydrogens is 328 g/mol. The Kier molecular flexibility index (Phi) is 6.67. The molecule has 0 saturated heterocycles. The van der Waals surface area contributed by atoms with Crippen molar-refractivity contribution in [3.63, 3.8) is 0 Å². The molecule has 1 rings (SSSR count). The summed E-state index contributed by atoms with van der Waals surface area (Å²) in [5.41, 5.74) is 3.04. The van der Waals surface area contributed by atoms with Crippen LogP contribution in [-0.4, -0.2) is 0 Å². The fraction of sp³-hybridized carbons (Fsp3) is 0.571. The van der Waals surface area contributed by atoms with Gasteiger partial charge in [0.15, 0.2) is 0 Å². The molecule has 1 aromatic rings. The minimum Gasteiger partial charge on any atom is -0.0654 e. The van der Waals surface area contributed by atoms with Crippen LogP contribution in [0.15, 0.2) is 21.1 Å². The lowest BCUT2D eigenvalue weighted by atomic mass is 9.98. The molecule has 1 aromatic carbocycles. The number of hydrogen-bond donors (Lipinski definition) is 0. The highest BCUT2D eigenvalue weighted by Gasteiger charge is 2.06. The number of aryl methyl sites for hydroxylation is 2. The average Bonchev–Trinajstić information content (AvgIpc) is 2.28. The van der Waals surface area contributed by atoms with Crippen LogP contribution in [0.5, 0.6) is 0 Å². The van der Waals surface area contributed by atoms with Crippen molar-refractivity contribution in [1.82, 2.24) is 0 Å². The number of halogens is 2. The Hall–Kier alpha value is 0.180. The molecule has 0 bridgehead atoms. The first kappa shape index (κ1) is 14.2. The first-order chi connectivity index (χ1) is 7.69. The summed E-state index contributed by atoms with van der Waals surface area (Å²) in [7, 11) is 0. The van der Waals surface area contributed by atoms with Gasteiger partial charge in [0.2, 0.25) is 0 Å². The van der Waals surface area contributed by atoms with Crippen molar-refractivity contribution >= 4 is 31.9 Å². The van der Waals surface area contributed by atoms with E-state index in [0.29, 0.717) is 0 Å². The largest absolute Gasteiger partial charge is 0.0654 e. The molecular formula is C14H20Br2. The van der Waals surface area contributed by atoms with Crippen molar-refractivity contribution in [3.05, 3.63) is 32.2 Å². The minimum absolute atomic E-state index is 1.18. The normalized spacial score (nSPS) is 10.8. The molecule has 0 fully saturated rings. The summed E-state index contributed by atoms with van der Waals surface area (Å²) in [6, 6.07) is 4.56. The average molecular weight is 348 g/mol. The van der Waals surface area contributed by atoms with Gasteiger partial charge in [0.05, 0.1) is 0 Å². The molecule has 0 saturated carbocycles. The van der Waals surface area contributed by atoms with Gasteiger partial charge in [0.25, 0.3) is 0 Å². The highest BCUT2D eigenvalue weighted by molar-refractivity contribution is 9.13. The lowest BCUT2D eigenvalue weighted by Gasteiger charge is -2.11. The predicted octanol–water partition coefficient (Wildman–Crippen LogP) is 5.90. The maximum atomic E-state index is 3.59. The van der Waals surface area contributed by atoms with Crippen molar-refractivity contribution in [1.29, 1.82) is 0 Å². The Labute approximate surface area is 116 Å². The molecule has 0 radical (unpaired) electrons. The van der Waals surface area contributed by atoms with Crippen LogP contribution in [0.2, 0.25) is 0 Å². The van der Waals surface area contributed by atoms with Gasteiger partial charge in [-0.2, -0.15) is 0 Å². The first-order valence-corrected chi connectivity index (χ1v) is 7.74. The number of rotatable bonds is 6. The summed E-state index contributed by atoms with van der Waals surface area (Å²) in [5, 5.41) is 0. The third-order valence-corrected chi connectivity index (χ3v) is 4.69. The van der Waals surface area contributed by atoms with E-state index >= 15 is 0 Å². The predicted molar refractivity (Wildman–Crippen MR) is 79.1 cm³/mol. The van der Waals surface area contributed by atoms with Crippen molar-refractivity contribution in [2.24, 2.45) is 0 Å². The second kappa shape index (κ2) is 7.50. The van der Waals surface area contributed by atoms with Crippen molar-refractivity contribution in [2.45, 2.75) is 52.4 Å². The smallest absolute Gasteiger partial charge is 0.0320 e. The molecule has 0 atom stereocenters. The Bertz CT molecular complexity index is 299. The molecule has 0 aliphatic rings. The molecule has 0 heterocycles. The highest BCUT2D eigenvalue weighted by Crippen LogP contribution is 2.28. The minimum atomic E-state index is 1.18. The van der Waals surface area contributed by atoms with Crippen LogP contribution >= 0.6 is 31.9 Å². The van der Waals surface area contributed by atoms with E-state index in [2.05, 4.69) is 57.8 Å². The summed E-state index contributed by atoms with van der Waals surface area (Å²) in [5.74, 6) is 0. The first-order valence-electron chi connectivity index (χ1n) is 6.15. The van der Waals surface area contributed by atoms with Crippen LogP contribution in [0, 0.1) is 0 Å². The number of hydrogen-bond acceptors (Lipinski definition) is 0. The van der Waals surface area contributed by atoms with Crippen LogP contribution < -0.4 is 0 Å². The van der Waals surface area contributed by atoms with Gasteiger partial charge in [-0.15, -0.1) is 0 Å². The van der Waals surface area contributed by atoms with Gasteiger partial charge >= 0.3 is 0 Å². The van der Waals surface area contributed by atoms with Crippen molar-refractivity contribution in [3.8, 4) is 0 Å². The van der Waals surface area contributed by atoms with Crippen LogP contribution in [0.25, 0.3) is 0 Å². The Balaban J connectivity index is 2.87. The van der Waals surface area contributed by atoms with Gasteiger partial charge in [0.1, 0.15) is 0 Å². The maximum absolute atomic E-state index is 3.59. The van der Waals surface area contributed by atoms with E-state index in [9.17, 15) is 0 Å². The number of unbranched alkanes of at least 4 members (excludes halogenated alkanes) is 2. The maximum Gasteiger partial charge on any atom is 0.0320 e. The van der Waals surface area contributed by atoms with E-state index in [1.165, 1.54) is 58.6 Å². The van der Waals surface area contributed by atoms with Gasteiger partial charge in [-0.3, -0.25) is 0 Å². The zero-order valence-corrected chi connectivity index (χ0v) is 13.3. The van der Waals surface area contributed by atoms with Crippen LogP contribution in [0.3, 0.4) is 0 Å². The molecule has 0 N–H and O–H groups in total. The third-order valence-electron chi connectivity index (χ3n) is 2.84. The molecule has 0 amide bonds. The Morgan fingerprint density at radius 1 is 0.812 bits per heavy atom. The topological polar surface area (TPSA) is 0 Å². The molecule has 0 unspecified atom stereocenters. The quantitative estimate of drug-likeness (QED) is 0.601. The van der Waals surface area contributed by atoms with Gasteiger partial charge in [0, 0.05) is 8.95 Å². The summed E-state index contributed by atoms with van der Waals surface area (Å²) in [4.78, 5) is 0. The van der Waals surface area contributed by atoms with Crippen LogP contribution in [0.4, 0.5) is 0 Å². The van der Waals surface area contributed by atoms with Crippen molar-refractivity contribution < 1.29 is 0 Å². The Morgan fingerprint density at radius 2 is 1.19 bits per heavy atom. The Morgan fingerprint density at radius 3 is 1.50 bits per heavy atom. The number of benzene rings is 1.